The molecule has 2 N–H and O–H groups in total. The number of rotatable bonds is 3. The number of phenols is 1. The fraction of sp³-hybridized carbons (Fsp3) is 0.0909. The predicted molar refractivity (Wildman–Crippen MR) is 56.6 cm³/mol. The van der Waals surface area contributed by atoms with Crippen LogP contribution in [0.5, 0.6) is 5.75 Å². The number of phenolic OH excluding ortho intramolecular Hbond substituents is 1. The maximum atomic E-state index is 10.6. The lowest BCUT2D eigenvalue weighted by Gasteiger charge is -2.06. The molecule has 0 aliphatic rings. The van der Waals surface area contributed by atoms with Crippen molar-refractivity contribution in [1.82, 2.24) is 9.55 Å². The van der Waals surface area contributed by atoms with Gasteiger partial charge in [-0.1, -0.05) is 6.07 Å². The van der Waals surface area contributed by atoms with Gasteiger partial charge >= 0.3 is 5.97 Å². The normalized spacial score (nSPS) is 10.2. The molecule has 0 bridgehead atoms. The highest BCUT2D eigenvalue weighted by molar-refractivity contribution is 5.69. The molecule has 1 heterocycles. The zero-order valence-corrected chi connectivity index (χ0v) is 8.37. The lowest BCUT2D eigenvalue weighted by Crippen LogP contribution is -2.07. The van der Waals surface area contributed by atoms with Crippen LogP contribution in [0.15, 0.2) is 36.7 Å². The van der Waals surface area contributed by atoms with Crippen LogP contribution in [-0.4, -0.2) is 25.7 Å². The van der Waals surface area contributed by atoms with Crippen LogP contribution < -0.4 is 0 Å². The van der Waals surface area contributed by atoms with E-state index in [9.17, 15) is 9.90 Å². The molecule has 0 spiro atoms. The van der Waals surface area contributed by atoms with E-state index in [1.54, 1.807) is 35.0 Å². The maximum Gasteiger partial charge on any atom is 0.311 e. The minimum Gasteiger partial charge on any atom is -0.508 e. The van der Waals surface area contributed by atoms with Crippen molar-refractivity contribution < 1.29 is 15.0 Å². The molecule has 1 aromatic carbocycles. The minimum absolute atomic E-state index is 0.132. The van der Waals surface area contributed by atoms with Gasteiger partial charge in [-0.3, -0.25) is 4.79 Å². The lowest BCUT2D eigenvalue weighted by molar-refractivity contribution is -0.136. The van der Waals surface area contributed by atoms with Gasteiger partial charge in [0, 0.05) is 18.5 Å². The molecule has 0 radical (unpaired) electrons. The number of nitrogens with zero attached hydrogens (tertiary/aromatic N) is 2. The smallest absolute Gasteiger partial charge is 0.311 e. The van der Waals surface area contributed by atoms with E-state index < -0.39 is 5.97 Å². The van der Waals surface area contributed by atoms with Crippen LogP contribution in [0.25, 0.3) is 5.69 Å². The Morgan fingerprint density at radius 1 is 1.44 bits per heavy atom. The van der Waals surface area contributed by atoms with Gasteiger partial charge in [0.05, 0.1) is 5.69 Å². The summed E-state index contributed by atoms with van der Waals surface area (Å²) in [6, 6.07) is 6.56. The van der Waals surface area contributed by atoms with Crippen LogP contribution in [-0.2, 0) is 11.2 Å². The highest BCUT2D eigenvalue weighted by Gasteiger charge is 2.08. The number of aromatic hydroxyl groups is 1. The highest BCUT2D eigenvalue weighted by atomic mass is 16.4. The monoisotopic (exact) mass is 218 g/mol. The lowest BCUT2D eigenvalue weighted by atomic mass is 10.3. The molecule has 5 heteroatoms. The van der Waals surface area contributed by atoms with Gasteiger partial charge < -0.3 is 14.8 Å². The molecule has 0 aliphatic heterocycles. The van der Waals surface area contributed by atoms with E-state index in [4.69, 9.17) is 5.11 Å². The third-order valence-electron chi connectivity index (χ3n) is 2.13. The zero-order valence-electron chi connectivity index (χ0n) is 8.37. The number of imidazole rings is 1. The van der Waals surface area contributed by atoms with E-state index in [2.05, 4.69) is 4.98 Å². The van der Waals surface area contributed by atoms with Crippen LogP contribution in [0.2, 0.25) is 0 Å². The van der Waals surface area contributed by atoms with Crippen molar-refractivity contribution in [3.05, 3.63) is 42.5 Å². The number of carbonyl (C=O) groups is 1. The Kier molecular flexibility index (Phi) is 2.59. The van der Waals surface area contributed by atoms with E-state index in [0.717, 1.165) is 0 Å². The van der Waals surface area contributed by atoms with Gasteiger partial charge in [0.25, 0.3) is 0 Å². The summed E-state index contributed by atoms with van der Waals surface area (Å²) in [4.78, 5) is 14.6. The largest absolute Gasteiger partial charge is 0.508 e. The fourth-order valence-electron chi connectivity index (χ4n) is 1.48. The highest BCUT2D eigenvalue weighted by Crippen LogP contribution is 2.16. The first-order valence-electron chi connectivity index (χ1n) is 4.70. The fourth-order valence-corrected chi connectivity index (χ4v) is 1.48. The van der Waals surface area contributed by atoms with Gasteiger partial charge in [0.15, 0.2) is 0 Å². The van der Waals surface area contributed by atoms with E-state index in [0.29, 0.717) is 11.5 Å². The van der Waals surface area contributed by atoms with Gasteiger partial charge in [-0.05, 0) is 12.1 Å². The number of carboxylic acid groups (broad SMARTS) is 1. The Balaban J connectivity index is 2.40. The van der Waals surface area contributed by atoms with Crippen molar-refractivity contribution in [2.24, 2.45) is 0 Å². The molecule has 0 saturated heterocycles. The molecule has 2 aromatic rings. The van der Waals surface area contributed by atoms with Crippen molar-refractivity contribution >= 4 is 5.97 Å². The van der Waals surface area contributed by atoms with E-state index >= 15 is 0 Å². The molecule has 0 amide bonds. The summed E-state index contributed by atoms with van der Waals surface area (Å²) in [6.45, 7) is 0. The molecular weight excluding hydrogens is 208 g/mol. The zero-order chi connectivity index (χ0) is 11.5. The van der Waals surface area contributed by atoms with Crippen molar-refractivity contribution in [2.45, 2.75) is 6.42 Å². The van der Waals surface area contributed by atoms with Gasteiger partial charge in [0.2, 0.25) is 0 Å². The summed E-state index contributed by atoms with van der Waals surface area (Å²) in [6.07, 6.45) is 3.04. The molecule has 0 saturated carbocycles. The summed E-state index contributed by atoms with van der Waals surface area (Å²) in [7, 11) is 0. The molecule has 16 heavy (non-hydrogen) atoms. The Bertz CT molecular complexity index is 519. The molecule has 5 nitrogen and oxygen atoms in total. The minimum atomic E-state index is -0.937. The first-order valence-corrected chi connectivity index (χ1v) is 4.70. The third kappa shape index (κ3) is 2.03. The van der Waals surface area contributed by atoms with Gasteiger partial charge in [-0.15, -0.1) is 0 Å². The van der Waals surface area contributed by atoms with Crippen LogP contribution in [0.3, 0.4) is 0 Å². The number of aliphatic carboxylic acids is 1. The Morgan fingerprint density at radius 2 is 2.25 bits per heavy atom. The molecule has 2 rings (SSSR count). The second kappa shape index (κ2) is 4.06. The van der Waals surface area contributed by atoms with Crippen LogP contribution in [0, 0.1) is 0 Å². The Morgan fingerprint density at radius 3 is 2.94 bits per heavy atom. The molecule has 0 aliphatic carbocycles. The molecule has 0 fully saturated rings. The molecule has 0 atom stereocenters. The quantitative estimate of drug-likeness (QED) is 0.811. The van der Waals surface area contributed by atoms with E-state index in [-0.39, 0.29) is 12.2 Å². The van der Waals surface area contributed by atoms with Crippen molar-refractivity contribution in [1.29, 1.82) is 0 Å². The number of carboxylic acids is 1. The van der Waals surface area contributed by atoms with Gasteiger partial charge in [0.1, 0.15) is 18.0 Å². The van der Waals surface area contributed by atoms with Crippen LogP contribution in [0.1, 0.15) is 5.82 Å². The molecule has 82 valence electrons. The first-order chi connectivity index (χ1) is 7.66. The summed E-state index contributed by atoms with van der Waals surface area (Å²) in [5, 5.41) is 18.0. The summed E-state index contributed by atoms with van der Waals surface area (Å²) in [5.74, 6) is -0.377. The van der Waals surface area contributed by atoms with E-state index in [1.165, 1.54) is 6.20 Å². The number of benzene rings is 1. The maximum absolute atomic E-state index is 10.6. The molecular formula is C11H10N2O3. The average Bonchev–Trinajstić information content (AvgIpc) is 2.65. The summed E-state index contributed by atoms with van der Waals surface area (Å²) >= 11 is 0. The van der Waals surface area contributed by atoms with Crippen molar-refractivity contribution in [3.8, 4) is 11.4 Å². The number of aromatic nitrogens is 2. The second-order valence-corrected chi connectivity index (χ2v) is 3.30. The summed E-state index contributed by atoms with van der Waals surface area (Å²) in [5.41, 5.74) is 0.689. The predicted octanol–water partition coefficient (Wildman–Crippen LogP) is 1.20. The van der Waals surface area contributed by atoms with Gasteiger partial charge in [-0.25, -0.2) is 4.98 Å². The van der Waals surface area contributed by atoms with E-state index in [1.807, 2.05) is 0 Å². The SMILES string of the molecule is O=C(O)Cc1nccn1-c1cccc(O)c1. The third-order valence-corrected chi connectivity index (χ3v) is 2.13. The molecule has 0 unspecified atom stereocenters. The first kappa shape index (κ1) is 10.2. The number of hydrogen-bond donors (Lipinski definition) is 2. The molecule has 1 aromatic heterocycles. The van der Waals surface area contributed by atoms with Crippen molar-refractivity contribution in [2.75, 3.05) is 0 Å². The topological polar surface area (TPSA) is 75.3 Å². The number of hydrogen-bond acceptors (Lipinski definition) is 3. The van der Waals surface area contributed by atoms with Gasteiger partial charge in [-0.2, -0.15) is 0 Å². The Hall–Kier alpha value is -2.30. The van der Waals surface area contributed by atoms with Crippen LogP contribution in [0.4, 0.5) is 0 Å². The van der Waals surface area contributed by atoms with Crippen molar-refractivity contribution in [3.63, 3.8) is 0 Å². The second-order valence-electron chi connectivity index (χ2n) is 3.30. The van der Waals surface area contributed by atoms with Crippen LogP contribution >= 0.6 is 0 Å². The standard InChI is InChI=1S/C11H10N2O3/c14-9-3-1-2-8(6-9)13-5-4-12-10(13)7-11(15)16/h1-6,14H,7H2,(H,15,16). The Labute approximate surface area is 91.6 Å². The average molecular weight is 218 g/mol. The summed E-state index contributed by atoms with van der Waals surface area (Å²) < 4.78 is 1.63.